The second-order valence-corrected chi connectivity index (χ2v) is 13.8. The Morgan fingerprint density at radius 1 is 1.04 bits per heavy atom. The third-order valence-electron chi connectivity index (χ3n) is 8.81. The van der Waals surface area contributed by atoms with Crippen molar-refractivity contribution < 1.29 is 43.5 Å². The first-order chi connectivity index (χ1) is 25.5. The van der Waals surface area contributed by atoms with Gasteiger partial charge in [0.1, 0.15) is 11.6 Å². The number of carbonyl (C=O) groups is 5. The number of nitro groups is 1. The zero-order chi connectivity index (χ0) is 40.2. The van der Waals surface area contributed by atoms with E-state index in [4.69, 9.17) is 15.2 Å². The molecule has 292 valence electrons. The fraction of sp³-hybridized carbons (Fsp3) is 0.459. The van der Waals surface area contributed by atoms with Crippen LogP contribution in [0.1, 0.15) is 64.3 Å². The Morgan fingerprint density at radius 3 is 2.20 bits per heavy atom. The summed E-state index contributed by atoms with van der Waals surface area (Å²) in [5.74, 6) is -4.09. The molecule has 3 rings (SSSR count). The summed E-state index contributed by atoms with van der Waals surface area (Å²) < 4.78 is 11.0. The molecule has 0 aliphatic heterocycles. The maximum absolute atomic E-state index is 14.6. The maximum atomic E-state index is 14.6. The molecule has 0 saturated carbocycles. The Balaban J connectivity index is 2.13. The summed E-state index contributed by atoms with van der Waals surface area (Å²) in [4.78, 5) is 87.1. The average molecular weight is 752 g/mol. The summed E-state index contributed by atoms with van der Waals surface area (Å²) in [6.07, 6.45) is -0.780. The smallest absolute Gasteiger partial charge is 0.418 e. The number of nitrogens with one attached hydrogen (secondary N) is 3. The number of H-pyrrole nitrogens is 1. The van der Waals surface area contributed by atoms with Crippen molar-refractivity contribution in [2.24, 2.45) is 11.7 Å². The molecule has 1 heterocycles. The summed E-state index contributed by atoms with van der Waals surface area (Å²) >= 11 is 0. The lowest BCUT2D eigenvalue weighted by Crippen LogP contribution is -2.62. The molecule has 54 heavy (non-hydrogen) atoms. The van der Waals surface area contributed by atoms with Gasteiger partial charge in [-0.05, 0) is 44.2 Å². The van der Waals surface area contributed by atoms with Crippen molar-refractivity contribution in [2.75, 3.05) is 13.7 Å². The quantitative estimate of drug-likeness (QED) is 0.0759. The number of aliphatic hydroxyl groups is 1. The van der Waals surface area contributed by atoms with Crippen LogP contribution in [0.4, 0.5) is 10.5 Å². The number of nitrogens with zero attached hydrogens (tertiary/aromatic N) is 3. The highest BCUT2D eigenvalue weighted by molar-refractivity contribution is 6.00. The number of esters is 1. The lowest BCUT2D eigenvalue weighted by atomic mass is 9.75. The third kappa shape index (κ3) is 10.7. The first-order valence-electron chi connectivity index (χ1n) is 17.4. The van der Waals surface area contributed by atoms with Crippen molar-refractivity contribution in [2.45, 2.75) is 89.6 Å². The molecule has 2 aromatic carbocycles. The summed E-state index contributed by atoms with van der Waals surface area (Å²) in [5, 5.41) is 28.4. The van der Waals surface area contributed by atoms with E-state index in [1.54, 1.807) is 65.0 Å². The van der Waals surface area contributed by atoms with Crippen LogP contribution >= 0.6 is 0 Å². The minimum atomic E-state index is -2.05. The number of nitro benzene ring substituents is 1. The van der Waals surface area contributed by atoms with Gasteiger partial charge < -0.3 is 35.9 Å². The monoisotopic (exact) mass is 751 g/mol. The molecule has 0 aliphatic carbocycles. The highest BCUT2D eigenvalue weighted by Gasteiger charge is 2.56. The maximum Gasteiger partial charge on any atom is 0.418 e. The number of hydrogen-bond acceptors (Lipinski definition) is 12. The standard InChI is InChI=1S/C37H49N7O10/c1-7-23(2)37(34(49)53-6,25-11-9-8-10-12-25)43(35(50)54-36(3,4)5)32(47)19-30(45)28(17-24-13-15-27(16-14-24)44(51)52)42-33(48)29(41-31(46)20-38)18-26-21-39-22-40-26/h8-16,21-23,28-30,45H,7,17-20,38H2,1-6H3,(H,39,40)(H,41,46)(H,42,48)/t23-,28-,29-,30?,37+/m0/s1. The molecule has 1 unspecified atom stereocenters. The lowest BCUT2D eigenvalue weighted by molar-refractivity contribution is -0.384. The van der Waals surface area contributed by atoms with E-state index in [9.17, 15) is 39.2 Å². The average Bonchev–Trinajstić information content (AvgIpc) is 3.65. The first-order valence-corrected chi connectivity index (χ1v) is 17.4. The molecule has 0 bridgehead atoms. The van der Waals surface area contributed by atoms with Crippen LogP contribution in [-0.4, -0.2) is 92.1 Å². The molecule has 0 fully saturated rings. The zero-order valence-corrected chi connectivity index (χ0v) is 31.2. The van der Waals surface area contributed by atoms with Gasteiger partial charge in [0.05, 0.1) is 43.5 Å². The normalized spacial score (nSPS) is 14.7. The van der Waals surface area contributed by atoms with Crippen LogP contribution in [0.2, 0.25) is 0 Å². The number of ether oxygens (including phenoxy) is 2. The molecular formula is C37H49N7O10. The Labute approximate surface area is 313 Å². The number of aromatic amines is 1. The number of non-ortho nitro benzene ring substituents is 1. The number of hydrogen-bond donors (Lipinski definition) is 5. The molecule has 1 aromatic heterocycles. The predicted molar refractivity (Wildman–Crippen MR) is 195 cm³/mol. The summed E-state index contributed by atoms with van der Waals surface area (Å²) in [5.41, 5.74) is 3.32. The van der Waals surface area contributed by atoms with Gasteiger partial charge in [-0.3, -0.25) is 24.5 Å². The molecule has 0 saturated heterocycles. The predicted octanol–water partition coefficient (Wildman–Crippen LogP) is 2.66. The molecular weight excluding hydrogens is 702 g/mol. The number of aromatic nitrogens is 2. The highest BCUT2D eigenvalue weighted by Crippen LogP contribution is 2.41. The Hall–Kier alpha value is -5.68. The summed E-state index contributed by atoms with van der Waals surface area (Å²) in [6.45, 7) is 7.80. The fourth-order valence-corrected chi connectivity index (χ4v) is 6.00. The molecule has 4 amide bonds. The van der Waals surface area contributed by atoms with Crippen LogP contribution in [-0.2, 0) is 47.0 Å². The van der Waals surface area contributed by atoms with Gasteiger partial charge in [-0.2, -0.15) is 0 Å². The van der Waals surface area contributed by atoms with Gasteiger partial charge in [-0.1, -0.05) is 62.7 Å². The van der Waals surface area contributed by atoms with Gasteiger partial charge in [0.15, 0.2) is 5.54 Å². The van der Waals surface area contributed by atoms with Gasteiger partial charge in [-0.15, -0.1) is 0 Å². The number of benzene rings is 2. The third-order valence-corrected chi connectivity index (χ3v) is 8.81. The minimum Gasteiger partial charge on any atom is -0.467 e. The number of rotatable bonds is 17. The lowest BCUT2D eigenvalue weighted by Gasteiger charge is -2.44. The molecule has 0 aliphatic rings. The van der Waals surface area contributed by atoms with Crippen LogP contribution in [0.15, 0.2) is 67.1 Å². The van der Waals surface area contributed by atoms with Gasteiger partial charge in [0.2, 0.25) is 17.7 Å². The number of amides is 4. The van der Waals surface area contributed by atoms with Crippen LogP contribution in [0, 0.1) is 16.0 Å². The number of methoxy groups -OCH3 is 1. The Kier molecular flexibility index (Phi) is 14.9. The van der Waals surface area contributed by atoms with Crippen molar-refractivity contribution in [1.82, 2.24) is 25.5 Å². The van der Waals surface area contributed by atoms with Crippen molar-refractivity contribution in [3.63, 3.8) is 0 Å². The second-order valence-electron chi connectivity index (χ2n) is 13.8. The molecule has 3 aromatic rings. The summed E-state index contributed by atoms with van der Waals surface area (Å²) in [7, 11) is 1.13. The van der Waals surface area contributed by atoms with Gasteiger partial charge in [0.25, 0.3) is 5.69 Å². The number of imidazole rings is 1. The van der Waals surface area contributed by atoms with Crippen molar-refractivity contribution in [1.29, 1.82) is 0 Å². The van der Waals surface area contributed by atoms with Crippen molar-refractivity contribution >= 4 is 35.5 Å². The van der Waals surface area contributed by atoms with E-state index in [-0.39, 0.29) is 24.1 Å². The molecule has 17 heteroatoms. The van der Waals surface area contributed by atoms with Crippen molar-refractivity contribution in [3.8, 4) is 0 Å². The Morgan fingerprint density at radius 2 is 1.69 bits per heavy atom. The van der Waals surface area contributed by atoms with Crippen LogP contribution in [0.25, 0.3) is 0 Å². The second kappa shape index (κ2) is 18.9. The minimum absolute atomic E-state index is 0.0447. The molecule has 0 spiro atoms. The van der Waals surface area contributed by atoms with Gasteiger partial charge in [0, 0.05) is 30.4 Å². The van der Waals surface area contributed by atoms with E-state index < -0.39 is 82.9 Å². The molecule has 5 atom stereocenters. The zero-order valence-electron chi connectivity index (χ0n) is 31.2. The van der Waals surface area contributed by atoms with Crippen LogP contribution < -0.4 is 16.4 Å². The number of carbonyl (C=O) groups excluding carboxylic acids is 5. The number of imide groups is 1. The Bertz CT molecular complexity index is 1750. The highest BCUT2D eigenvalue weighted by atomic mass is 16.6. The van der Waals surface area contributed by atoms with E-state index in [1.807, 2.05) is 0 Å². The van der Waals surface area contributed by atoms with E-state index in [2.05, 4.69) is 20.6 Å². The van der Waals surface area contributed by atoms with Crippen LogP contribution in [0.5, 0.6) is 0 Å². The van der Waals surface area contributed by atoms with Gasteiger partial charge >= 0.3 is 12.1 Å². The molecule has 17 nitrogen and oxygen atoms in total. The van der Waals surface area contributed by atoms with E-state index in [1.165, 1.54) is 36.8 Å². The SMILES string of the molecule is CC[C@H](C)[C@](C(=O)OC)(c1ccccc1)N(C(=O)CC(O)[C@H](Cc1ccc([N+](=O)[O-])cc1)NC(=O)[C@H](Cc1cnc[nH]1)NC(=O)CN)C(=O)OC(C)(C)C. The van der Waals surface area contributed by atoms with E-state index in [0.29, 0.717) is 22.6 Å². The van der Waals surface area contributed by atoms with E-state index in [0.717, 1.165) is 7.11 Å². The largest absolute Gasteiger partial charge is 0.467 e. The summed E-state index contributed by atoms with van der Waals surface area (Å²) in [6, 6.07) is 11.0. The van der Waals surface area contributed by atoms with Crippen LogP contribution in [0.3, 0.4) is 0 Å². The van der Waals surface area contributed by atoms with E-state index >= 15 is 0 Å². The van der Waals surface area contributed by atoms with Gasteiger partial charge in [-0.25, -0.2) is 19.5 Å². The fourth-order valence-electron chi connectivity index (χ4n) is 6.00. The van der Waals surface area contributed by atoms with Crippen molar-refractivity contribution in [3.05, 3.63) is 94.1 Å². The number of aliphatic hydroxyl groups excluding tert-OH is 1. The molecule has 6 N–H and O–H groups in total. The first kappa shape index (κ1) is 42.7. The topological polar surface area (TPSA) is 249 Å². The number of nitrogens with two attached hydrogens (primary N) is 1. The molecule has 0 radical (unpaired) electrons.